The topological polar surface area (TPSA) is 80.3 Å². The predicted molar refractivity (Wildman–Crippen MR) is 76.6 cm³/mol. The molecule has 0 fully saturated rings. The molecule has 0 saturated carbocycles. The number of carboxylic acids is 2. The zero-order valence-electron chi connectivity index (χ0n) is 13.0. The van der Waals surface area contributed by atoms with Crippen LogP contribution in [-0.2, 0) is 26.7 Å². The fourth-order valence-electron chi connectivity index (χ4n) is 1.38. The van der Waals surface area contributed by atoms with Crippen LogP contribution in [0, 0.1) is 0 Å². The van der Waals surface area contributed by atoms with E-state index in [1.807, 2.05) is 0 Å². The number of hydrogen-bond acceptors (Lipinski definition) is 4. The minimum absolute atomic E-state index is 0. The van der Waals surface area contributed by atoms with Crippen LogP contribution < -0.4 is 10.2 Å². The van der Waals surface area contributed by atoms with Crippen molar-refractivity contribution in [2.45, 2.75) is 65.2 Å². The molecule has 0 N–H and O–H groups in total. The summed E-state index contributed by atoms with van der Waals surface area (Å²) < 4.78 is 0. The molecular formula is C16H26MnO4. The second kappa shape index (κ2) is 21.2. The fraction of sp³-hybridized carbons (Fsp3) is 0.625. The van der Waals surface area contributed by atoms with Gasteiger partial charge < -0.3 is 19.8 Å². The Morgan fingerprint density at radius 1 is 0.762 bits per heavy atom. The van der Waals surface area contributed by atoms with Crippen LogP contribution in [0.3, 0.4) is 0 Å². The Bertz CT molecular complexity index is 269. The Hall–Kier alpha value is -1.06. The quantitative estimate of drug-likeness (QED) is 0.345. The summed E-state index contributed by atoms with van der Waals surface area (Å²) >= 11 is 0. The summed E-state index contributed by atoms with van der Waals surface area (Å²) in [5, 5.41) is 19.7. The summed E-state index contributed by atoms with van der Waals surface area (Å²) in [6, 6.07) is 0. The maximum Gasteiger partial charge on any atom is 2.00 e. The number of aliphatic carboxylic acids is 2. The SMILES string of the molecule is CCCCCC=CC(=O)[O-].CCCCCC=CC(=O)[O-].[Mn+2]. The average molecular weight is 337 g/mol. The second-order valence-electron chi connectivity index (χ2n) is 4.43. The molecule has 0 aliphatic carbocycles. The molecule has 0 atom stereocenters. The summed E-state index contributed by atoms with van der Waals surface area (Å²) in [6.07, 6.45) is 14.0. The summed E-state index contributed by atoms with van der Waals surface area (Å²) in [4.78, 5) is 19.7. The van der Waals surface area contributed by atoms with Crippen molar-refractivity contribution in [3.63, 3.8) is 0 Å². The van der Waals surface area contributed by atoms with E-state index >= 15 is 0 Å². The molecule has 0 rings (SSSR count). The summed E-state index contributed by atoms with van der Waals surface area (Å²) in [7, 11) is 0. The van der Waals surface area contributed by atoms with Gasteiger partial charge in [0, 0.05) is 0 Å². The van der Waals surface area contributed by atoms with E-state index in [9.17, 15) is 19.8 Å². The number of carbonyl (C=O) groups is 2. The Morgan fingerprint density at radius 2 is 1.10 bits per heavy atom. The first-order valence-electron chi connectivity index (χ1n) is 7.29. The van der Waals surface area contributed by atoms with Gasteiger partial charge in [0.25, 0.3) is 0 Å². The Morgan fingerprint density at radius 3 is 1.33 bits per heavy atom. The molecule has 121 valence electrons. The van der Waals surface area contributed by atoms with Gasteiger partial charge in [0.2, 0.25) is 0 Å². The standard InChI is InChI=1S/2C8H14O2.Mn/c2*1-2-3-4-5-6-7-8(9)10;/h2*6-7H,2-5H2,1H3,(H,9,10);/q;;+2/p-2. The Kier molecular flexibility index (Phi) is 25.2. The number of carbonyl (C=O) groups excluding carboxylic acids is 2. The second-order valence-corrected chi connectivity index (χ2v) is 4.43. The molecule has 21 heavy (non-hydrogen) atoms. The fourth-order valence-corrected chi connectivity index (χ4v) is 1.38. The van der Waals surface area contributed by atoms with Crippen molar-refractivity contribution in [2.24, 2.45) is 0 Å². The van der Waals surface area contributed by atoms with Crippen molar-refractivity contribution in [1.29, 1.82) is 0 Å². The van der Waals surface area contributed by atoms with Crippen LogP contribution in [0.25, 0.3) is 0 Å². The zero-order valence-corrected chi connectivity index (χ0v) is 14.2. The molecule has 0 aromatic carbocycles. The zero-order chi connectivity index (χ0) is 15.6. The summed E-state index contributed by atoms with van der Waals surface area (Å²) in [6.45, 7) is 4.23. The largest absolute Gasteiger partial charge is 2.00 e. The van der Waals surface area contributed by atoms with Gasteiger partial charge in [-0.05, 0) is 37.8 Å². The van der Waals surface area contributed by atoms with Crippen molar-refractivity contribution in [3.8, 4) is 0 Å². The van der Waals surface area contributed by atoms with E-state index in [1.54, 1.807) is 12.2 Å². The normalized spacial score (nSPS) is 10.0. The molecule has 0 aromatic heterocycles. The van der Waals surface area contributed by atoms with Crippen molar-refractivity contribution in [2.75, 3.05) is 0 Å². The number of hydrogen-bond donors (Lipinski definition) is 0. The molecule has 5 heteroatoms. The van der Waals surface area contributed by atoms with Gasteiger partial charge in [0.15, 0.2) is 0 Å². The van der Waals surface area contributed by atoms with Crippen molar-refractivity contribution in [3.05, 3.63) is 24.3 Å². The number of carboxylic acid groups (broad SMARTS) is 2. The van der Waals surface area contributed by atoms with Crippen LogP contribution in [0.15, 0.2) is 24.3 Å². The van der Waals surface area contributed by atoms with Gasteiger partial charge in [0.1, 0.15) is 0 Å². The van der Waals surface area contributed by atoms with E-state index in [0.717, 1.165) is 50.7 Å². The molecule has 0 heterocycles. The van der Waals surface area contributed by atoms with Crippen LogP contribution in [0.1, 0.15) is 65.2 Å². The van der Waals surface area contributed by atoms with Crippen molar-refractivity contribution >= 4 is 11.9 Å². The first kappa shape index (κ1) is 24.9. The minimum Gasteiger partial charge on any atom is -0.545 e. The van der Waals surface area contributed by atoms with Gasteiger partial charge in [-0.1, -0.05) is 51.7 Å². The summed E-state index contributed by atoms with van der Waals surface area (Å²) in [5.74, 6) is -2.20. The van der Waals surface area contributed by atoms with Crippen molar-refractivity contribution < 1.29 is 36.9 Å². The van der Waals surface area contributed by atoms with E-state index in [0.29, 0.717) is 0 Å². The number of allylic oxidation sites excluding steroid dienone is 2. The molecule has 4 nitrogen and oxygen atoms in total. The molecule has 0 aliphatic rings. The molecule has 0 aliphatic heterocycles. The van der Waals surface area contributed by atoms with Gasteiger partial charge in [-0.2, -0.15) is 0 Å². The van der Waals surface area contributed by atoms with Gasteiger partial charge in [-0.15, -0.1) is 0 Å². The Labute approximate surface area is 138 Å². The third kappa shape index (κ3) is 32.5. The smallest absolute Gasteiger partial charge is 0.545 e. The van der Waals surface area contributed by atoms with E-state index in [1.165, 1.54) is 12.8 Å². The van der Waals surface area contributed by atoms with Crippen LogP contribution in [0.4, 0.5) is 0 Å². The van der Waals surface area contributed by atoms with Gasteiger partial charge >= 0.3 is 17.1 Å². The van der Waals surface area contributed by atoms with Crippen LogP contribution in [-0.4, -0.2) is 11.9 Å². The van der Waals surface area contributed by atoms with Crippen LogP contribution in [0.5, 0.6) is 0 Å². The minimum atomic E-state index is -1.10. The molecule has 1 radical (unpaired) electrons. The van der Waals surface area contributed by atoms with E-state index < -0.39 is 11.9 Å². The average Bonchev–Trinajstić information content (AvgIpc) is 2.38. The van der Waals surface area contributed by atoms with E-state index in [2.05, 4.69) is 13.8 Å². The van der Waals surface area contributed by atoms with Gasteiger partial charge in [-0.25, -0.2) is 0 Å². The van der Waals surface area contributed by atoms with Gasteiger partial charge in [-0.3, -0.25) is 0 Å². The molecule has 0 saturated heterocycles. The number of rotatable bonds is 10. The van der Waals surface area contributed by atoms with Crippen LogP contribution in [0.2, 0.25) is 0 Å². The molecule has 0 amide bonds. The third-order valence-corrected chi connectivity index (χ3v) is 2.46. The van der Waals surface area contributed by atoms with Crippen LogP contribution >= 0.6 is 0 Å². The maximum absolute atomic E-state index is 9.83. The molecule has 0 unspecified atom stereocenters. The first-order valence-corrected chi connectivity index (χ1v) is 7.29. The van der Waals surface area contributed by atoms with Crippen molar-refractivity contribution in [1.82, 2.24) is 0 Å². The maximum atomic E-state index is 9.83. The molecular weight excluding hydrogens is 311 g/mol. The number of unbranched alkanes of at least 4 members (excludes halogenated alkanes) is 6. The molecule has 0 spiro atoms. The van der Waals surface area contributed by atoms with E-state index in [4.69, 9.17) is 0 Å². The molecule has 0 bridgehead atoms. The van der Waals surface area contributed by atoms with E-state index in [-0.39, 0.29) is 17.1 Å². The Balaban J connectivity index is -0.000000295. The first-order chi connectivity index (χ1) is 9.54. The third-order valence-electron chi connectivity index (χ3n) is 2.46. The summed E-state index contributed by atoms with van der Waals surface area (Å²) in [5.41, 5.74) is 0. The van der Waals surface area contributed by atoms with Gasteiger partial charge in [0.05, 0.1) is 11.9 Å². The monoisotopic (exact) mass is 337 g/mol. The predicted octanol–water partition coefficient (Wildman–Crippen LogP) is 1.74. The molecule has 0 aromatic rings.